The average molecular weight is 326 g/mol. The summed E-state index contributed by atoms with van der Waals surface area (Å²) in [6.07, 6.45) is 4.23. The van der Waals surface area contributed by atoms with E-state index in [9.17, 15) is 4.79 Å². The molecule has 1 amide bonds. The molecule has 0 bridgehead atoms. The largest absolute Gasteiger partial charge is 0.352 e. The number of carbonyl (C=O) groups excluding carboxylic acids is 1. The lowest BCUT2D eigenvalue weighted by Gasteiger charge is -2.18. The molecule has 1 fully saturated rings. The minimum atomic E-state index is 0.0396. The maximum atomic E-state index is 12.3. The zero-order valence-corrected chi connectivity index (χ0v) is 13.9. The number of anilines is 1. The van der Waals surface area contributed by atoms with Gasteiger partial charge in [-0.3, -0.25) is 14.5 Å². The summed E-state index contributed by atoms with van der Waals surface area (Å²) in [5.41, 5.74) is 2.01. The summed E-state index contributed by atoms with van der Waals surface area (Å²) in [6.45, 7) is 1.27. The third-order valence-corrected chi connectivity index (χ3v) is 3.98. The number of para-hydroxylation sites is 1. The molecule has 7 heteroatoms. The molecule has 1 aromatic heterocycles. The first-order valence-corrected chi connectivity index (χ1v) is 7.96. The first-order valence-electron chi connectivity index (χ1n) is 7.96. The van der Waals surface area contributed by atoms with Gasteiger partial charge in [-0.25, -0.2) is 0 Å². The Kier molecular flexibility index (Phi) is 4.79. The number of aromatic nitrogens is 2. The molecule has 1 atom stereocenters. The quantitative estimate of drug-likeness (QED) is 0.646. The van der Waals surface area contributed by atoms with E-state index in [1.165, 1.54) is 0 Å². The van der Waals surface area contributed by atoms with Crippen LogP contribution in [0.4, 0.5) is 5.69 Å². The van der Waals surface area contributed by atoms with Crippen molar-refractivity contribution in [3.8, 4) is 0 Å². The third-order valence-electron chi connectivity index (χ3n) is 3.98. The number of aliphatic imine (C=N–C) groups is 1. The highest BCUT2D eigenvalue weighted by Crippen LogP contribution is 2.20. The summed E-state index contributed by atoms with van der Waals surface area (Å²) in [5.74, 6) is 0.813. The second-order valence-corrected chi connectivity index (χ2v) is 5.83. The van der Waals surface area contributed by atoms with E-state index in [1.807, 2.05) is 54.7 Å². The molecule has 1 aliphatic rings. The molecule has 0 aliphatic carbocycles. The van der Waals surface area contributed by atoms with Crippen LogP contribution in [0.2, 0.25) is 0 Å². The molecular formula is C17H22N6O. The number of hydrogen-bond donors (Lipinski definition) is 2. The summed E-state index contributed by atoms with van der Waals surface area (Å²) in [5, 5.41) is 10.7. The number of nitrogens with one attached hydrogen (secondary N) is 2. The maximum Gasteiger partial charge on any atom is 0.229 e. The molecule has 24 heavy (non-hydrogen) atoms. The lowest BCUT2D eigenvalue weighted by atomic mass is 10.2. The Morgan fingerprint density at radius 1 is 1.38 bits per heavy atom. The predicted octanol–water partition coefficient (Wildman–Crippen LogP) is 0.891. The number of carbonyl (C=O) groups is 1. The van der Waals surface area contributed by atoms with Gasteiger partial charge >= 0.3 is 0 Å². The molecule has 0 radical (unpaired) electrons. The summed E-state index contributed by atoms with van der Waals surface area (Å²) in [6, 6.07) is 9.78. The number of amides is 1. The van der Waals surface area contributed by atoms with Crippen LogP contribution in [-0.4, -0.2) is 41.3 Å². The van der Waals surface area contributed by atoms with Crippen molar-refractivity contribution in [3.05, 3.63) is 48.3 Å². The Morgan fingerprint density at radius 3 is 2.83 bits per heavy atom. The van der Waals surface area contributed by atoms with Crippen molar-refractivity contribution >= 4 is 17.6 Å². The van der Waals surface area contributed by atoms with Gasteiger partial charge in [-0.15, -0.1) is 0 Å². The van der Waals surface area contributed by atoms with Crippen LogP contribution in [0.25, 0.3) is 0 Å². The zero-order chi connectivity index (χ0) is 16.9. The lowest BCUT2D eigenvalue weighted by Crippen LogP contribution is -2.44. The fourth-order valence-corrected chi connectivity index (χ4v) is 2.80. The SMILES string of the molecule is CN=C(NCc1cnn(C)c1)NC1CC(=O)N(c2ccccc2)C1. The van der Waals surface area contributed by atoms with Crippen molar-refractivity contribution in [2.45, 2.75) is 19.0 Å². The Balaban J connectivity index is 1.56. The Labute approximate surface area is 141 Å². The van der Waals surface area contributed by atoms with Gasteiger partial charge in [0.05, 0.1) is 12.2 Å². The van der Waals surface area contributed by atoms with Crippen molar-refractivity contribution in [2.75, 3.05) is 18.5 Å². The van der Waals surface area contributed by atoms with Crippen LogP contribution >= 0.6 is 0 Å². The molecule has 1 aliphatic heterocycles. The van der Waals surface area contributed by atoms with Gasteiger partial charge in [0.2, 0.25) is 5.91 Å². The van der Waals surface area contributed by atoms with Crippen LogP contribution in [0.5, 0.6) is 0 Å². The molecule has 1 aromatic carbocycles. The average Bonchev–Trinajstić information content (AvgIpc) is 3.17. The predicted molar refractivity (Wildman–Crippen MR) is 93.7 cm³/mol. The number of guanidine groups is 1. The van der Waals surface area contributed by atoms with Crippen molar-refractivity contribution < 1.29 is 4.79 Å². The van der Waals surface area contributed by atoms with Crippen LogP contribution in [0, 0.1) is 0 Å². The van der Waals surface area contributed by atoms with Crippen molar-refractivity contribution in [1.82, 2.24) is 20.4 Å². The number of benzene rings is 1. The zero-order valence-electron chi connectivity index (χ0n) is 13.9. The van der Waals surface area contributed by atoms with Crippen molar-refractivity contribution in [1.29, 1.82) is 0 Å². The molecule has 3 rings (SSSR count). The lowest BCUT2D eigenvalue weighted by molar-refractivity contribution is -0.117. The normalized spacial score (nSPS) is 18.1. The highest BCUT2D eigenvalue weighted by atomic mass is 16.2. The fraction of sp³-hybridized carbons (Fsp3) is 0.353. The van der Waals surface area contributed by atoms with Gasteiger partial charge in [-0.05, 0) is 12.1 Å². The molecular weight excluding hydrogens is 304 g/mol. The molecule has 7 nitrogen and oxygen atoms in total. The minimum absolute atomic E-state index is 0.0396. The second-order valence-electron chi connectivity index (χ2n) is 5.83. The second kappa shape index (κ2) is 7.16. The maximum absolute atomic E-state index is 12.3. The van der Waals surface area contributed by atoms with Gasteiger partial charge in [0, 0.05) is 51.1 Å². The van der Waals surface area contributed by atoms with Crippen LogP contribution < -0.4 is 15.5 Å². The Morgan fingerprint density at radius 2 is 2.17 bits per heavy atom. The highest BCUT2D eigenvalue weighted by Gasteiger charge is 2.30. The van der Waals surface area contributed by atoms with Crippen molar-refractivity contribution in [2.24, 2.45) is 12.0 Å². The van der Waals surface area contributed by atoms with Gasteiger partial charge < -0.3 is 15.5 Å². The van der Waals surface area contributed by atoms with E-state index < -0.39 is 0 Å². The molecule has 2 N–H and O–H groups in total. The molecule has 2 heterocycles. The molecule has 0 spiro atoms. The fourth-order valence-electron chi connectivity index (χ4n) is 2.80. The first kappa shape index (κ1) is 16.0. The smallest absolute Gasteiger partial charge is 0.229 e. The van der Waals surface area contributed by atoms with E-state index in [1.54, 1.807) is 11.7 Å². The summed E-state index contributed by atoms with van der Waals surface area (Å²) in [7, 11) is 3.61. The van der Waals surface area contributed by atoms with E-state index in [0.29, 0.717) is 25.5 Å². The Bertz CT molecular complexity index is 724. The van der Waals surface area contributed by atoms with Crippen LogP contribution in [0.1, 0.15) is 12.0 Å². The molecule has 2 aromatic rings. The van der Waals surface area contributed by atoms with Gasteiger partial charge in [0.15, 0.2) is 5.96 Å². The standard InChI is InChI=1S/C17H22N6O/c1-18-17(19-9-13-10-20-22(2)11-13)21-14-8-16(24)23(12-14)15-6-4-3-5-7-15/h3-7,10-11,14H,8-9,12H2,1-2H3,(H2,18,19,21). The van der Waals surface area contributed by atoms with Crippen molar-refractivity contribution in [3.63, 3.8) is 0 Å². The molecule has 126 valence electrons. The van der Waals surface area contributed by atoms with Gasteiger partial charge in [-0.2, -0.15) is 5.10 Å². The van der Waals surface area contributed by atoms with Crippen LogP contribution in [-0.2, 0) is 18.4 Å². The minimum Gasteiger partial charge on any atom is -0.352 e. The van der Waals surface area contributed by atoms with E-state index in [-0.39, 0.29) is 11.9 Å². The van der Waals surface area contributed by atoms with Gasteiger partial charge in [0.25, 0.3) is 0 Å². The number of nitrogens with zero attached hydrogens (tertiary/aromatic N) is 4. The summed E-state index contributed by atoms with van der Waals surface area (Å²) in [4.78, 5) is 18.3. The Hall–Kier alpha value is -2.83. The first-order chi connectivity index (χ1) is 11.7. The molecule has 1 unspecified atom stereocenters. The molecule has 1 saturated heterocycles. The summed E-state index contributed by atoms with van der Waals surface area (Å²) >= 11 is 0. The van der Waals surface area contributed by atoms with E-state index >= 15 is 0 Å². The topological polar surface area (TPSA) is 74.5 Å². The van der Waals surface area contributed by atoms with Crippen LogP contribution in [0.15, 0.2) is 47.7 Å². The molecule has 0 saturated carbocycles. The van der Waals surface area contributed by atoms with E-state index in [4.69, 9.17) is 0 Å². The number of aryl methyl sites for hydroxylation is 1. The summed E-state index contributed by atoms with van der Waals surface area (Å²) < 4.78 is 1.76. The third kappa shape index (κ3) is 3.73. The van der Waals surface area contributed by atoms with E-state index in [2.05, 4.69) is 20.7 Å². The van der Waals surface area contributed by atoms with Crippen LogP contribution in [0.3, 0.4) is 0 Å². The van der Waals surface area contributed by atoms with E-state index in [0.717, 1.165) is 11.3 Å². The number of hydrogen-bond acceptors (Lipinski definition) is 3. The number of rotatable bonds is 4. The van der Waals surface area contributed by atoms with Gasteiger partial charge in [0.1, 0.15) is 0 Å². The highest BCUT2D eigenvalue weighted by molar-refractivity contribution is 5.97. The van der Waals surface area contributed by atoms with Gasteiger partial charge in [-0.1, -0.05) is 18.2 Å². The monoisotopic (exact) mass is 326 g/mol.